The molecule has 0 aromatic heterocycles. The van der Waals surface area contributed by atoms with Crippen LogP contribution >= 0.6 is 0 Å². The molecule has 7 nitrogen and oxygen atoms in total. The quantitative estimate of drug-likeness (QED) is 0.677. The molecule has 1 aliphatic heterocycles. The number of ether oxygens (including phenoxy) is 1. The second-order valence-electron chi connectivity index (χ2n) is 6.79. The maximum atomic E-state index is 12.1. The van der Waals surface area contributed by atoms with Crippen LogP contribution in [0.1, 0.15) is 30.9 Å². The van der Waals surface area contributed by atoms with Gasteiger partial charge in [0.2, 0.25) is 0 Å². The molecule has 0 spiro atoms. The number of amides is 3. The predicted octanol–water partition coefficient (Wildman–Crippen LogP) is 0.810. The maximum absolute atomic E-state index is 12.1. The molecule has 142 valence electrons. The van der Waals surface area contributed by atoms with Crippen molar-refractivity contribution in [2.75, 3.05) is 31.6 Å². The fourth-order valence-electron chi connectivity index (χ4n) is 3.28. The van der Waals surface area contributed by atoms with Crippen molar-refractivity contribution in [3.05, 3.63) is 29.3 Å². The number of aryl methyl sites for hydroxylation is 2. The van der Waals surface area contributed by atoms with Crippen LogP contribution < -0.4 is 15.5 Å². The van der Waals surface area contributed by atoms with E-state index in [9.17, 15) is 14.4 Å². The minimum absolute atomic E-state index is 0.163. The second-order valence-corrected chi connectivity index (χ2v) is 6.79. The molecule has 3 amide bonds. The molecule has 2 rings (SSSR count). The van der Waals surface area contributed by atoms with E-state index < -0.39 is 6.03 Å². The number of nitrogens with one attached hydrogen (secondary N) is 3. The number of likely N-dealkylation sites (tertiary alicyclic amines) is 1. The fourth-order valence-corrected chi connectivity index (χ4v) is 3.28. The van der Waals surface area contributed by atoms with Crippen LogP contribution in [0.4, 0.5) is 10.5 Å². The zero-order chi connectivity index (χ0) is 19.1. The van der Waals surface area contributed by atoms with Crippen LogP contribution in [0.2, 0.25) is 0 Å². The van der Waals surface area contributed by atoms with Crippen molar-refractivity contribution in [3.8, 4) is 0 Å². The molecule has 0 radical (unpaired) electrons. The van der Waals surface area contributed by atoms with Gasteiger partial charge < -0.3 is 15.0 Å². The van der Waals surface area contributed by atoms with Crippen molar-refractivity contribution < 1.29 is 24.0 Å². The zero-order valence-corrected chi connectivity index (χ0v) is 15.7. The summed E-state index contributed by atoms with van der Waals surface area (Å²) in [4.78, 5) is 37.0. The van der Waals surface area contributed by atoms with Crippen LogP contribution in [-0.2, 0) is 14.3 Å². The predicted molar refractivity (Wildman–Crippen MR) is 98.0 cm³/mol. The summed E-state index contributed by atoms with van der Waals surface area (Å²) >= 11 is 0. The Morgan fingerprint density at radius 1 is 1.27 bits per heavy atom. The molecule has 1 aromatic carbocycles. The number of rotatable bonds is 5. The summed E-state index contributed by atoms with van der Waals surface area (Å²) in [6.07, 6.45) is 1.65. The lowest BCUT2D eigenvalue weighted by Crippen LogP contribution is -3.14. The monoisotopic (exact) mass is 362 g/mol. The number of hydrogen-bond acceptors (Lipinski definition) is 4. The molecule has 26 heavy (non-hydrogen) atoms. The largest absolute Gasteiger partial charge is 0.466 e. The number of urea groups is 1. The lowest BCUT2D eigenvalue weighted by molar-refractivity contribution is -0.899. The van der Waals surface area contributed by atoms with Gasteiger partial charge in [0.1, 0.15) is 5.92 Å². The van der Waals surface area contributed by atoms with Gasteiger partial charge in [-0.15, -0.1) is 0 Å². The number of quaternary nitrogens is 1. The standard InChI is InChI=1S/C19H27N3O4/c1-4-26-18(24)15-6-5-9-22(11-15)12-17(23)21-19(25)20-16-8-7-13(2)10-14(16)3/h7-8,10,15H,4-6,9,11-12H2,1-3H3,(H2,20,21,23,25)/p+1/t15-/m0/s1. The van der Waals surface area contributed by atoms with Gasteiger partial charge in [0.25, 0.3) is 5.91 Å². The molecular formula is C19H28N3O4+. The van der Waals surface area contributed by atoms with Crippen LogP contribution in [0.25, 0.3) is 0 Å². The molecule has 1 heterocycles. The van der Waals surface area contributed by atoms with Crippen LogP contribution in [0.15, 0.2) is 18.2 Å². The number of anilines is 1. The third-order valence-corrected chi connectivity index (χ3v) is 4.53. The highest BCUT2D eigenvalue weighted by Gasteiger charge is 2.31. The van der Waals surface area contributed by atoms with E-state index in [-0.39, 0.29) is 24.3 Å². The second kappa shape index (κ2) is 9.33. The summed E-state index contributed by atoms with van der Waals surface area (Å²) in [5, 5.41) is 5.06. The molecule has 2 atom stereocenters. The van der Waals surface area contributed by atoms with Crippen molar-refractivity contribution in [1.29, 1.82) is 0 Å². The van der Waals surface area contributed by atoms with E-state index in [0.29, 0.717) is 18.8 Å². The highest BCUT2D eigenvalue weighted by Crippen LogP contribution is 2.15. The van der Waals surface area contributed by atoms with Gasteiger partial charge in [-0.05, 0) is 45.2 Å². The zero-order valence-electron chi connectivity index (χ0n) is 15.7. The molecule has 1 fully saturated rings. The molecule has 1 aliphatic rings. The number of hydrogen-bond donors (Lipinski definition) is 3. The number of carbonyl (C=O) groups excluding carboxylic acids is 3. The topological polar surface area (TPSA) is 88.9 Å². The van der Waals surface area contributed by atoms with Crippen LogP contribution in [0.5, 0.6) is 0 Å². The van der Waals surface area contributed by atoms with Gasteiger partial charge in [0.05, 0.1) is 19.7 Å². The first kappa shape index (κ1) is 19.9. The molecule has 3 N–H and O–H groups in total. The number of imide groups is 1. The SMILES string of the molecule is CCOC(=O)[C@H]1CCC[NH+](CC(=O)NC(=O)Nc2ccc(C)cc2C)C1. The summed E-state index contributed by atoms with van der Waals surface area (Å²) in [6, 6.07) is 5.14. The van der Waals surface area contributed by atoms with Gasteiger partial charge in [-0.25, -0.2) is 4.79 Å². The lowest BCUT2D eigenvalue weighted by atomic mass is 9.98. The molecule has 0 saturated carbocycles. The Kier molecular flexibility index (Phi) is 7.15. The highest BCUT2D eigenvalue weighted by molar-refractivity contribution is 6.01. The number of benzene rings is 1. The fraction of sp³-hybridized carbons (Fsp3) is 0.526. The first-order chi connectivity index (χ1) is 12.4. The summed E-state index contributed by atoms with van der Waals surface area (Å²) in [5.41, 5.74) is 2.72. The lowest BCUT2D eigenvalue weighted by Gasteiger charge is -2.28. The molecule has 0 aliphatic carbocycles. The summed E-state index contributed by atoms with van der Waals surface area (Å²) in [6.45, 7) is 7.56. The van der Waals surface area contributed by atoms with Crippen molar-refractivity contribution in [2.45, 2.75) is 33.6 Å². The maximum Gasteiger partial charge on any atom is 0.326 e. The molecule has 1 aromatic rings. The Morgan fingerprint density at radius 3 is 2.73 bits per heavy atom. The normalized spacial score (nSPS) is 19.5. The number of piperidine rings is 1. The number of carbonyl (C=O) groups is 3. The first-order valence-electron chi connectivity index (χ1n) is 9.07. The van der Waals surface area contributed by atoms with E-state index in [0.717, 1.165) is 35.4 Å². The van der Waals surface area contributed by atoms with E-state index in [4.69, 9.17) is 4.74 Å². The van der Waals surface area contributed by atoms with Gasteiger partial charge in [0, 0.05) is 5.69 Å². The summed E-state index contributed by atoms with van der Waals surface area (Å²) in [7, 11) is 0. The van der Waals surface area contributed by atoms with E-state index in [1.165, 1.54) is 0 Å². The van der Waals surface area contributed by atoms with Gasteiger partial charge in [-0.2, -0.15) is 0 Å². The summed E-state index contributed by atoms with van der Waals surface area (Å²) < 4.78 is 5.07. The average molecular weight is 362 g/mol. The van der Waals surface area contributed by atoms with E-state index >= 15 is 0 Å². The van der Waals surface area contributed by atoms with Crippen LogP contribution in [0.3, 0.4) is 0 Å². The molecule has 1 saturated heterocycles. The minimum Gasteiger partial charge on any atom is -0.466 e. The van der Waals surface area contributed by atoms with Crippen molar-refractivity contribution in [2.24, 2.45) is 5.92 Å². The summed E-state index contributed by atoms with van der Waals surface area (Å²) in [5.74, 6) is -0.722. The van der Waals surface area contributed by atoms with Crippen molar-refractivity contribution >= 4 is 23.6 Å². The van der Waals surface area contributed by atoms with Gasteiger partial charge in [0.15, 0.2) is 6.54 Å². The van der Waals surface area contributed by atoms with Crippen LogP contribution in [0, 0.1) is 19.8 Å². The Bertz CT molecular complexity index is 675. The van der Waals surface area contributed by atoms with Gasteiger partial charge in [-0.3, -0.25) is 14.9 Å². The Hall–Kier alpha value is -2.41. The first-order valence-corrected chi connectivity index (χ1v) is 9.07. The van der Waals surface area contributed by atoms with Gasteiger partial charge in [-0.1, -0.05) is 17.7 Å². The molecule has 1 unspecified atom stereocenters. The van der Waals surface area contributed by atoms with E-state index in [1.807, 2.05) is 32.0 Å². The highest BCUT2D eigenvalue weighted by atomic mass is 16.5. The third-order valence-electron chi connectivity index (χ3n) is 4.53. The number of esters is 1. The van der Waals surface area contributed by atoms with Gasteiger partial charge >= 0.3 is 12.0 Å². The van der Waals surface area contributed by atoms with Crippen molar-refractivity contribution in [1.82, 2.24) is 5.32 Å². The Balaban J connectivity index is 1.82. The smallest absolute Gasteiger partial charge is 0.326 e. The third kappa shape index (κ3) is 5.84. The van der Waals surface area contributed by atoms with Crippen LogP contribution in [-0.4, -0.2) is 44.1 Å². The van der Waals surface area contributed by atoms with E-state index in [1.54, 1.807) is 6.92 Å². The molecule has 0 bridgehead atoms. The molecular weight excluding hydrogens is 334 g/mol. The minimum atomic E-state index is -0.541. The Morgan fingerprint density at radius 2 is 2.04 bits per heavy atom. The average Bonchev–Trinajstić information content (AvgIpc) is 2.57. The molecule has 7 heteroatoms. The van der Waals surface area contributed by atoms with E-state index in [2.05, 4.69) is 10.6 Å². The van der Waals surface area contributed by atoms with Crippen molar-refractivity contribution in [3.63, 3.8) is 0 Å². The Labute approximate surface area is 154 Å².